The fraction of sp³-hybridized carbons (Fsp3) is 0.667. The van der Waals surface area contributed by atoms with Crippen LogP contribution in [0.1, 0.15) is 29.4 Å². The molecule has 1 aliphatic heterocycles. The van der Waals surface area contributed by atoms with Crippen molar-refractivity contribution >= 4 is 5.97 Å². The molecule has 6 heteroatoms. The number of methoxy groups -OCH3 is 1. The highest BCUT2D eigenvalue weighted by molar-refractivity contribution is 5.86. The maximum absolute atomic E-state index is 11.2. The van der Waals surface area contributed by atoms with Gasteiger partial charge in [0.05, 0.1) is 19.3 Å². The average Bonchev–Trinajstić information content (AvgIpc) is 2.78. The molecule has 0 spiro atoms. The Balaban J connectivity index is 2.08. The van der Waals surface area contributed by atoms with Gasteiger partial charge in [-0.25, -0.2) is 9.48 Å². The zero-order valence-electron chi connectivity index (χ0n) is 8.64. The van der Waals surface area contributed by atoms with Crippen molar-refractivity contribution in [2.24, 2.45) is 0 Å². The molecular formula is C9H14N4O2. The van der Waals surface area contributed by atoms with Crippen LogP contribution >= 0.6 is 0 Å². The standard InChI is InChI=1S/C9H14N4O2/c1-15-9(14)8-6-13(12-11-8)7-3-2-4-10-5-7/h6-7,10H,2-5H2,1H3/t7-/m1/s1. The molecule has 1 aromatic rings. The van der Waals surface area contributed by atoms with E-state index in [-0.39, 0.29) is 5.69 Å². The van der Waals surface area contributed by atoms with Crippen molar-refractivity contribution in [3.8, 4) is 0 Å². The second-order valence-corrected chi connectivity index (χ2v) is 3.58. The van der Waals surface area contributed by atoms with Gasteiger partial charge in [-0.3, -0.25) is 0 Å². The van der Waals surface area contributed by atoms with Gasteiger partial charge in [-0.15, -0.1) is 5.10 Å². The minimum atomic E-state index is -0.440. The molecule has 1 aliphatic rings. The summed E-state index contributed by atoms with van der Waals surface area (Å²) in [5.41, 5.74) is 0.267. The van der Waals surface area contributed by atoms with Gasteiger partial charge < -0.3 is 10.1 Å². The van der Waals surface area contributed by atoms with Gasteiger partial charge in [-0.2, -0.15) is 0 Å². The monoisotopic (exact) mass is 210 g/mol. The summed E-state index contributed by atoms with van der Waals surface area (Å²) in [7, 11) is 1.34. The Morgan fingerprint density at radius 2 is 2.60 bits per heavy atom. The van der Waals surface area contributed by atoms with Crippen LogP contribution < -0.4 is 5.32 Å². The third-order valence-electron chi connectivity index (χ3n) is 2.55. The number of carbonyl (C=O) groups is 1. The van der Waals surface area contributed by atoms with Gasteiger partial charge in [-0.05, 0) is 19.4 Å². The molecule has 0 aromatic carbocycles. The number of esters is 1. The van der Waals surface area contributed by atoms with Gasteiger partial charge in [0.15, 0.2) is 5.69 Å². The lowest BCUT2D eigenvalue weighted by molar-refractivity contribution is 0.0594. The van der Waals surface area contributed by atoms with E-state index in [2.05, 4.69) is 20.4 Å². The Hall–Kier alpha value is -1.43. The third kappa shape index (κ3) is 2.15. The van der Waals surface area contributed by atoms with Crippen molar-refractivity contribution in [3.05, 3.63) is 11.9 Å². The number of hydrogen-bond donors (Lipinski definition) is 1. The van der Waals surface area contributed by atoms with Gasteiger partial charge in [0, 0.05) is 6.54 Å². The molecule has 0 saturated carbocycles. The van der Waals surface area contributed by atoms with Crippen molar-refractivity contribution in [3.63, 3.8) is 0 Å². The quantitative estimate of drug-likeness (QED) is 0.695. The van der Waals surface area contributed by atoms with E-state index in [0.717, 1.165) is 25.9 Å². The van der Waals surface area contributed by atoms with Crippen LogP contribution in [0.3, 0.4) is 0 Å². The predicted molar refractivity (Wildman–Crippen MR) is 52.5 cm³/mol. The van der Waals surface area contributed by atoms with E-state index >= 15 is 0 Å². The van der Waals surface area contributed by atoms with Crippen molar-refractivity contribution in [2.75, 3.05) is 20.2 Å². The number of nitrogens with one attached hydrogen (secondary N) is 1. The molecule has 15 heavy (non-hydrogen) atoms. The molecule has 1 fully saturated rings. The normalized spacial score (nSPS) is 21.3. The first-order valence-electron chi connectivity index (χ1n) is 5.02. The van der Waals surface area contributed by atoms with E-state index in [1.165, 1.54) is 7.11 Å². The zero-order chi connectivity index (χ0) is 10.7. The number of piperidine rings is 1. The second kappa shape index (κ2) is 4.39. The molecule has 1 aromatic heterocycles. The lowest BCUT2D eigenvalue weighted by atomic mass is 10.1. The fourth-order valence-electron chi connectivity index (χ4n) is 1.71. The first-order chi connectivity index (χ1) is 7.31. The number of rotatable bonds is 2. The molecule has 0 unspecified atom stereocenters. The maximum Gasteiger partial charge on any atom is 0.360 e. The van der Waals surface area contributed by atoms with Crippen LogP contribution in [0.2, 0.25) is 0 Å². The highest BCUT2D eigenvalue weighted by atomic mass is 16.5. The Bertz CT molecular complexity index is 344. The van der Waals surface area contributed by atoms with Gasteiger partial charge in [-0.1, -0.05) is 5.21 Å². The Morgan fingerprint density at radius 1 is 1.73 bits per heavy atom. The smallest absolute Gasteiger partial charge is 0.360 e. The van der Waals surface area contributed by atoms with Crippen molar-refractivity contribution in [2.45, 2.75) is 18.9 Å². The van der Waals surface area contributed by atoms with Crippen molar-refractivity contribution < 1.29 is 9.53 Å². The van der Waals surface area contributed by atoms with Crippen LogP contribution in [0.15, 0.2) is 6.20 Å². The molecule has 0 bridgehead atoms. The SMILES string of the molecule is COC(=O)c1cn([C@@H]2CCCNC2)nn1. The van der Waals surface area contributed by atoms with E-state index in [4.69, 9.17) is 0 Å². The molecule has 0 radical (unpaired) electrons. The van der Waals surface area contributed by atoms with Gasteiger partial charge in [0.25, 0.3) is 0 Å². The average molecular weight is 210 g/mol. The summed E-state index contributed by atoms with van der Waals surface area (Å²) in [5, 5.41) is 11.0. The van der Waals surface area contributed by atoms with Crippen LogP contribution in [0.25, 0.3) is 0 Å². The van der Waals surface area contributed by atoms with E-state index in [9.17, 15) is 4.79 Å². The Labute approximate surface area is 87.6 Å². The molecule has 0 aliphatic carbocycles. The summed E-state index contributed by atoms with van der Waals surface area (Å²) in [6.07, 6.45) is 3.83. The fourth-order valence-corrected chi connectivity index (χ4v) is 1.71. The molecule has 6 nitrogen and oxygen atoms in total. The Kier molecular flexibility index (Phi) is 2.96. The van der Waals surface area contributed by atoms with E-state index in [0.29, 0.717) is 6.04 Å². The number of carbonyl (C=O) groups excluding carboxylic acids is 1. The first-order valence-corrected chi connectivity index (χ1v) is 5.02. The molecule has 1 atom stereocenters. The Morgan fingerprint density at radius 3 is 3.27 bits per heavy atom. The van der Waals surface area contributed by atoms with Gasteiger partial charge in [0.1, 0.15) is 0 Å². The van der Waals surface area contributed by atoms with Crippen LogP contribution in [-0.2, 0) is 4.74 Å². The first kappa shape index (κ1) is 10.1. The van der Waals surface area contributed by atoms with Gasteiger partial charge in [0.2, 0.25) is 0 Å². The number of hydrogen-bond acceptors (Lipinski definition) is 5. The van der Waals surface area contributed by atoms with E-state index in [1.54, 1.807) is 10.9 Å². The molecule has 2 heterocycles. The largest absolute Gasteiger partial charge is 0.464 e. The summed E-state index contributed by atoms with van der Waals surface area (Å²) in [5.74, 6) is -0.440. The molecule has 1 N–H and O–H groups in total. The van der Waals surface area contributed by atoms with Crippen LogP contribution in [0.4, 0.5) is 0 Å². The zero-order valence-corrected chi connectivity index (χ0v) is 8.64. The number of nitrogens with zero attached hydrogens (tertiary/aromatic N) is 3. The summed E-state index contributed by atoms with van der Waals surface area (Å²) >= 11 is 0. The summed E-state index contributed by atoms with van der Waals surface area (Å²) in [4.78, 5) is 11.2. The number of ether oxygens (including phenoxy) is 1. The second-order valence-electron chi connectivity index (χ2n) is 3.58. The molecule has 0 amide bonds. The van der Waals surface area contributed by atoms with E-state index < -0.39 is 5.97 Å². The minimum Gasteiger partial charge on any atom is -0.464 e. The maximum atomic E-state index is 11.2. The van der Waals surface area contributed by atoms with E-state index in [1.807, 2.05) is 0 Å². The van der Waals surface area contributed by atoms with Crippen LogP contribution in [0, 0.1) is 0 Å². The molecule has 1 saturated heterocycles. The molecular weight excluding hydrogens is 196 g/mol. The third-order valence-corrected chi connectivity index (χ3v) is 2.55. The van der Waals surface area contributed by atoms with Crippen LogP contribution in [0.5, 0.6) is 0 Å². The summed E-state index contributed by atoms with van der Waals surface area (Å²) < 4.78 is 6.30. The van der Waals surface area contributed by atoms with Gasteiger partial charge >= 0.3 is 5.97 Å². The topological polar surface area (TPSA) is 69.0 Å². The molecule has 2 rings (SSSR count). The predicted octanol–water partition coefficient (Wildman–Crippen LogP) is -0.0108. The number of aromatic nitrogens is 3. The lowest BCUT2D eigenvalue weighted by Crippen LogP contribution is -2.31. The summed E-state index contributed by atoms with van der Waals surface area (Å²) in [6, 6.07) is 0.296. The van der Waals surface area contributed by atoms with Crippen molar-refractivity contribution in [1.82, 2.24) is 20.3 Å². The lowest BCUT2D eigenvalue weighted by Gasteiger charge is -2.22. The minimum absolute atomic E-state index is 0.267. The highest BCUT2D eigenvalue weighted by Crippen LogP contribution is 2.15. The summed E-state index contributed by atoms with van der Waals surface area (Å²) in [6.45, 7) is 1.93. The molecule has 82 valence electrons. The highest BCUT2D eigenvalue weighted by Gasteiger charge is 2.18. The van der Waals surface area contributed by atoms with Crippen LogP contribution in [-0.4, -0.2) is 41.2 Å². The van der Waals surface area contributed by atoms with Crippen molar-refractivity contribution in [1.29, 1.82) is 0 Å².